The minimum absolute atomic E-state index is 0.0843. The molecule has 166 valence electrons. The van der Waals surface area contributed by atoms with Crippen LogP contribution in [0.2, 0.25) is 0 Å². The number of benzene rings is 2. The van der Waals surface area contributed by atoms with E-state index >= 15 is 0 Å². The number of amidine groups is 1. The summed E-state index contributed by atoms with van der Waals surface area (Å²) < 4.78 is 1.80. The molecule has 0 unspecified atom stereocenters. The molecule has 3 rings (SSSR count). The quantitative estimate of drug-likeness (QED) is 0.109. The number of amides is 1. The first-order chi connectivity index (χ1) is 15.5. The molecule has 1 heterocycles. The number of hydrogen-bond donors (Lipinski definition) is 5. The van der Waals surface area contributed by atoms with Gasteiger partial charge in [-0.2, -0.15) is 5.10 Å². The first-order valence-electron chi connectivity index (χ1n) is 10.4. The molecule has 0 fully saturated rings. The summed E-state index contributed by atoms with van der Waals surface area (Å²) in [4.78, 5) is 16.2. The number of unbranched alkanes of at least 4 members (excludes halogenated alkanes) is 1. The van der Waals surface area contributed by atoms with Gasteiger partial charge < -0.3 is 32.6 Å². The molecule has 0 aliphatic carbocycles. The fourth-order valence-corrected chi connectivity index (χ4v) is 3.47. The Bertz CT molecular complexity index is 1130. The highest BCUT2D eigenvalue weighted by Gasteiger charge is 2.19. The van der Waals surface area contributed by atoms with Gasteiger partial charge in [0.15, 0.2) is 11.5 Å². The highest BCUT2D eigenvalue weighted by molar-refractivity contribution is 6.03. The number of nitrogens with zero attached hydrogens (tertiary/aromatic N) is 3. The molecule has 32 heavy (non-hydrogen) atoms. The van der Waals surface area contributed by atoms with Gasteiger partial charge in [0.1, 0.15) is 0 Å². The second-order valence-electron chi connectivity index (χ2n) is 7.30. The lowest BCUT2D eigenvalue weighted by molar-refractivity contribution is 0.0996. The summed E-state index contributed by atoms with van der Waals surface area (Å²) in [5.41, 5.74) is 15.5. The van der Waals surface area contributed by atoms with Crippen LogP contribution in [0.15, 0.2) is 53.6 Å². The largest absolute Gasteiger partial charge is 0.382 e. The molecule has 2 aromatic carbocycles. The number of hydrogen-bond acceptors (Lipinski definition) is 6. The summed E-state index contributed by atoms with van der Waals surface area (Å²) in [6, 6.07) is 15.6. The molecule has 0 aliphatic heterocycles. The van der Waals surface area contributed by atoms with Gasteiger partial charge in [0.05, 0.1) is 12.2 Å². The van der Waals surface area contributed by atoms with E-state index in [2.05, 4.69) is 22.3 Å². The third-order valence-electron chi connectivity index (χ3n) is 5.14. The van der Waals surface area contributed by atoms with E-state index in [4.69, 9.17) is 22.7 Å². The minimum Gasteiger partial charge on any atom is -0.382 e. The number of imidazole rings is 1. The smallest absolute Gasteiger partial charge is 0.269 e. The number of rotatable bonds is 10. The lowest BCUT2D eigenvalue weighted by Gasteiger charge is -2.13. The van der Waals surface area contributed by atoms with Crippen LogP contribution >= 0.6 is 0 Å². The van der Waals surface area contributed by atoms with Crippen LogP contribution < -0.4 is 22.6 Å². The van der Waals surface area contributed by atoms with E-state index in [9.17, 15) is 4.79 Å². The molecular weight excluding hydrogens is 404 g/mol. The molecule has 9 heteroatoms. The predicted octanol–water partition coefficient (Wildman–Crippen LogP) is 2.49. The number of carbonyl (C=O) groups is 1. The average molecular weight is 433 g/mol. The molecule has 0 aliphatic rings. The molecule has 1 amide bonds. The Hall–Kier alpha value is -4.14. The monoisotopic (exact) mass is 432 g/mol. The van der Waals surface area contributed by atoms with Crippen molar-refractivity contribution in [3.05, 3.63) is 71.0 Å². The van der Waals surface area contributed by atoms with Crippen molar-refractivity contribution in [1.29, 1.82) is 5.41 Å². The van der Waals surface area contributed by atoms with Gasteiger partial charge in [-0.1, -0.05) is 61.9 Å². The van der Waals surface area contributed by atoms with Gasteiger partial charge in [0.25, 0.3) is 5.91 Å². The van der Waals surface area contributed by atoms with Crippen LogP contribution in [-0.4, -0.2) is 34.1 Å². The molecule has 0 atom stereocenters. The summed E-state index contributed by atoms with van der Waals surface area (Å²) >= 11 is 0. The Morgan fingerprint density at radius 3 is 2.53 bits per heavy atom. The first kappa shape index (κ1) is 22.5. The van der Waals surface area contributed by atoms with Gasteiger partial charge in [0, 0.05) is 18.3 Å². The highest BCUT2D eigenvalue weighted by Crippen LogP contribution is 2.25. The summed E-state index contributed by atoms with van der Waals surface area (Å²) in [6.45, 7) is 3.23. The number of nitrogens with one attached hydrogen (secondary N) is 2. The van der Waals surface area contributed by atoms with Crippen molar-refractivity contribution < 1.29 is 4.79 Å². The van der Waals surface area contributed by atoms with E-state index in [1.54, 1.807) is 4.57 Å². The number of aromatic nitrogens is 2. The van der Waals surface area contributed by atoms with Gasteiger partial charge in [0.2, 0.25) is 5.95 Å². The molecule has 9 nitrogen and oxygen atoms in total. The first-order valence-corrected chi connectivity index (χ1v) is 10.4. The number of hydrazone groups is 1. The fourth-order valence-electron chi connectivity index (χ4n) is 3.47. The van der Waals surface area contributed by atoms with Crippen molar-refractivity contribution >= 4 is 23.9 Å². The Morgan fingerprint density at radius 2 is 1.91 bits per heavy atom. The third kappa shape index (κ3) is 4.77. The number of nitrogens with two attached hydrogens (primary N) is 3. The molecule has 0 radical (unpaired) electrons. The van der Waals surface area contributed by atoms with E-state index < -0.39 is 5.91 Å². The Labute approximate surface area is 186 Å². The van der Waals surface area contributed by atoms with E-state index in [0.29, 0.717) is 24.7 Å². The summed E-state index contributed by atoms with van der Waals surface area (Å²) in [7, 11) is 0. The maximum Gasteiger partial charge on any atom is 0.269 e. The second-order valence-corrected chi connectivity index (χ2v) is 7.30. The van der Waals surface area contributed by atoms with Crippen LogP contribution in [0.4, 0.5) is 5.95 Å². The SMILES string of the molecule is CCCCNc1nc(C(N)=O)c(C=N)n1Cc1ccc(-c2ccccc2/C(N)=N/N)cc1. The lowest BCUT2D eigenvalue weighted by atomic mass is 9.98. The van der Waals surface area contributed by atoms with Crippen molar-refractivity contribution in [3.8, 4) is 11.1 Å². The van der Waals surface area contributed by atoms with E-state index in [0.717, 1.165) is 41.3 Å². The molecule has 3 aromatic rings. The van der Waals surface area contributed by atoms with Gasteiger partial charge in [-0.05, 0) is 23.1 Å². The van der Waals surface area contributed by atoms with Crippen molar-refractivity contribution in [1.82, 2.24) is 9.55 Å². The van der Waals surface area contributed by atoms with Crippen LogP contribution in [0.1, 0.15) is 47.1 Å². The standard InChI is InChI=1S/C23H28N8O/c1-2-3-12-28-23-29-20(22(26)32)19(13-24)31(23)14-15-8-10-16(11-9-15)17-6-4-5-7-18(17)21(25)30-27/h4-11,13,24H,2-3,12,14,27H2,1H3,(H2,25,30)(H2,26,32)(H,28,29). The molecule has 0 bridgehead atoms. The van der Waals surface area contributed by atoms with Crippen molar-refractivity contribution in [2.45, 2.75) is 26.3 Å². The average Bonchev–Trinajstić information content (AvgIpc) is 3.16. The zero-order chi connectivity index (χ0) is 23.1. The maximum atomic E-state index is 11.8. The summed E-state index contributed by atoms with van der Waals surface area (Å²) in [5, 5.41) is 14.6. The normalized spacial score (nSPS) is 11.3. The molecular formula is C23H28N8O. The second kappa shape index (κ2) is 10.3. The minimum atomic E-state index is -0.660. The summed E-state index contributed by atoms with van der Waals surface area (Å²) in [5.74, 6) is 5.49. The zero-order valence-electron chi connectivity index (χ0n) is 18.0. The van der Waals surface area contributed by atoms with Gasteiger partial charge in [-0.15, -0.1) is 0 Å². The fraction of sp³-hybridized carbons (Fsp3) is 0.217. The molecule has 0 saturated carbocycles. The number of primary amides is 1. The van der Waals surface area contributed by atoms with Gasteiger partial charge in [-0.3, -0.25) is 4.79 Å². The lowest BCUT2D eigenvalue weighted by Crippen LogP contribution is -2.16. The third-order valence-corrected chi connectivity index (χ3v) is 5.14. The van der Waals surface area contributed by atoms with Crippen molar-refractivity contribution in [3.63, 3.8) is 0 Å². The van der Waals surface area contributed by atoms with E-state index in [1.165, 1.54) is 0 Å². The van der Waals surface area contributed by atoms with Gasteiger partial charge in [-0.25, -0.2) is 4.98 Å². The van der Waals surface area contributed by atoms with Crippen LogP contribution in [0.25, 0.3) is 11.1 Å². The molecule has 0 saturated heterocycles. The molecule has 8 N–H and O–H groups in total. The van der Waals surface area contributed by atoms with E-state index in [1.807, 2.05) is 48.5 Å². The van der Waals surface area contributed by atoms with E-state index in [-0.39, 0.29) is 11.5 Å². The predicted molar refractivity (Wildman–Crippen MR) is 128 cm³/mol. The van der Waals surface area contributed by atoms with Gasteiger partial charge >= 0.3 is 0 Å². The molecule has 1 aromatic heterocycles. The Morgan fingerprint density at radius 1 is 1.19 bits per heavy atom. The van der Waals surface area contributed by atoms with Crippen LogP contribution in [0, 0.1) is 5.41 Å². The van der Waals surface area contributed by atoms with Crippen molar-refractivity contribution in [2.24, 2.45) is 22.4 Å². The number of anilines is 1. The Kier molecular flexibility index (Phi) is 7.22. The number of carbonyl (C=O) groups excluding carboxylic acids is 1. The Balaban J connectivity index is 1.93. The highest BCUT2D eigenvalue weighted by atomic mass is 16.1. The zero-order valence-corrected chi connectivity index (χ0v) is 18.0. The summed E-state index contributed by atoms with van der Waals surface area (Å²) in [6.07, 6.45) is 3.09. The van der Waals surface area contributed by atoms with Crippen LogP contribution in [0.5, 0.6) is 0 Å². The van der Waals surface area contributed by atoms with Crippen LogP contribution in [0.3, 0.4) is 0 Å². The van der Waals surface area contributed by atoms with Crippen molar-refractivity contribution in [2.75, 3.05) is 11.9 Å². The topological polar surface area (TPSA) is 161 Å². The maximum absolute atomic E-state index is 11.8. The van der Waals surface area contributed by atoms with Crippen LogP contribution in [-0.2, 0) is 6.54 Å². The molecule has 0 spiro atoms.